The monoisotopic (exact) mass is 630 g/mol. The average Bonchev–Trinajstić information content (AvgIpc) is 3.31. The van der Waals surface area contributed by atoms with Crippen LogP contribution in [0.4, 0.5) is 4.39 Å². The zero-order valence-electron chi connectivity index (χ0n) is 25.8. The van der Waals surface area contributed by atoms with Crippen LogP contribution in [0.2, 0.25) is 0 Å². The van der Waals surface area contributed by atoms with Gasteiger partial charge in [0.15, 0.2) is 16.3 Å². The molecule has 0 spiro atoms. The van der Waals surface area contributed by atoms with Crippen molar-refractivity contribution in [2.75, 3.05) is 13.2 Å². The topological polar surface area (TPSA) is 88.4 Å². The van der Waals surface area contributed by atoms with Crippen molar-refractivity contribution in [3.8, 4) is 17.2 Å². The maximum Gasteiger partial charge on any atom is 0.338 e. The molecule has 10 heteroatoms. The molecule has 1 atom stereocenters. The number of fused-ring (bicyclic) bond motifs is 1. The van der Waals surface area contributed by atoms with E-state index in [1.54, 1.807) is 56.3 Å². The van der Waals surface area contributed by atoms with Crippen molar-refractivity contribution >= 4 is 23.4 Å². The smallest absolute Gasteiger partial charge is 0.338 e. The van der Waals surface area contributed by atoms with Crippen molar-refractivity contribution in [1.82, 2.24) is 4.57 Å². The lowest BCUT2D eigenvalue weighted by molar-refractivity contribution is -0.139. The highest BCUT2D eigenvalue weighted by atomic mass is 32.1. The minimum atomic E-state index is -0.800. The van der Waals surface area contributed by atoms with Gasteiger partial charge < -0.3 is 18.9 Å². The van der Waals surface area contributed by atoms with Crippen molar-refractivity contribution in [2.24, 2.45) is 4.99 Å². The van der Waals surface area contributed by atoms with E-state index in [1.807, 2.05) is 45.0 Å². The van der Waals surface area contributed by atoms with Crippen LogP contribution in [-0.2, 0) is 16.1 Å². The number of rotatable bonds is 11. The number of benzene rings is 3. The van der Waals surface area contributed by atoms with Gasteiger partial charge in [-0.15, -0.1) is 0 Å². The Hall–Kier alpha value is -4.70. The van der Waals surface area contributed by atoms with Crippen LogP contribution in [0, 0.1) is 5.82 Å². The lowest BCUT2D eigenvalue weighted by Gasteiger charge is -2.26. The van der Waals surface area contributed by atoms with Crippen LogP contribution in [0.15, 0.2) is 87.8 Å². The largest absolute Gasteiger partial charge is 0.491 e. The molecule has 0 radical (unpaired) electrons. The van der Waals surface area contributed by atoms with E-state index in [1.165, 1.54) is 22.0 Å². The molecule has 234 valence electrons. The van der Waals surface area contributed by atoms with Crippen LogP contribution in [0.3, 0.4) is 0 Å². The molecule has 1 aliphatic rings. The van der Waals surface area contributed by atoms with Gasteiger partial charge in [-0.2, -0.15) is 0 Å². The van der Waals surface area contributed by atoms with Gasteiger partial charge in [-0.05, 0) is 70.5 Å². The summed E-state index contributed by atoms with van der Waals surface area (Å²) in [4.78, 5) is 32.5. The van der Waals surface area contributed by atoms with Gasteiger partial charge >= 0.3 is 5.97 Å². The summed E-state index contributed by atoms with van der Waals surface area (Å²) in [5.74, 6) is 0.602. The number of carbonyl (C=O) groups excluding carboxylic acids is 1. The highest BCUT2D eigenvalue weighted by Crippen LogP contribution is 2.36. The maximum absolute atomic E-state index is 14.1. The number of para-hydroxylation sites is 1. The van der Waals surface area contributed by atoms with Crippen LogP contribution in [0.1, 0.15) is 57.4 Å². The molecule has 0 saturated carbocycles. The predicted molar refractivity (Wildman–Crippen MR) is 171 cm³/mol. The molecule has 0 bridgehead atoms. The van der Waals surface area contributed by atoms with E-state index in [9.17, 15) is 14.0 Å². The number of hydrogen-bond donors (Lipinski definition) is 0. The number of ether oxygens (including phenoxy) is 4. The van der Waals surface area contributed by atoms with Crippen LogP contribution in [0.5, 0.6) is 17.2 Å². The molecule has 0 saturated heterocycles. The molecule has 4 aromatic rings. The van der Waals surface area contributed by atoms with Crippen LogP contribution in [-0.4, -0.2) is 29.9 Å². The Morgan fingerprint density at radius 3 is 2.49 bits per heavy atom. The van der Waals surface area contributed by atoms with Gasteiger partial charge in [-0.25, -0.2) is 14.2 Å². The van der Waals surface area contributed by atoms with E-state index in [0.29, 0.717) is 55.6 Å². The van der Waals surface area contributed by atoms with Crippen LogP contribution >= 0.6 is 11.3 Å². The van der Waals surface area contributed by atoms with Gasteiger partial charge in [0.2, 0.25) is 0 Å². The molecule has 0 amide bonds. The lowest BCUT2D eigenvalue weighted by atomic mass is 9.95. The highest BCUT2D eigenvalue weighted by molar-refractivity contribution is 7.07. The second-order valence-electron chi connectivity index (χ2n) is 10.5. The Balaban J connectivity index is 1.59. The van der Waals surface area contributed by atoms with E-state index in [0.717, 1.165) is 0 Å². The Morgan fingerprint density at radius 2 is 1.76 bits per heavy atom. The molecule has 1 aromatic heterocycles. The van der Waals surface area contributed by atoms with Gasteiger partial charge in [0.05, 0.1) is 35.1 Å². The molecular formula is C35H35FN2O6S. The zero-order valence-corrected chi connectivity index (χ0v) is 26.7. The van der Waals surface area contributed by atoms with Crippen molar-refractivity contribution in [1.29, 1.82) is 0 Å². The fraction of sp³-hybridized carbons (Fsp3) is 0.286. The van der Waals surface area contributed by atoms with E-state index in [2.05, 4.69) is 4.99 Å². The normalized spacial score (nSPS) is 14.6. The molecule has 0 fully saturated rings. The van der Waals surface area contributed by atoms with E-state index >= 15 is 0 Å². The van der Waals surface area contributed by atoms with Crippen molar-refractivity contribution in [3.63, 3.8) is 0 Å². The van der Waals surface area contributed by atoms with Gasteiger partial charge in [0, 0.05) is 11.1 Å². The quantitative estimate of drug-likeness (QED) is 0.198. The van der Waals surface area contributed by atoms with E-state index < -0.39 is 12.0 Å². The summed E-state index contributed by atoms with van der Waals surface area (Å²) < 4.78 is 39.4. The van der Waals surface area contributed by atoms with Crippen molar-refractivity contribution < 1.29 is 28.1 Å². The second-order valence-corrected chi connectivity index (χ2v) is 11.5. The SMILES string of the molecule is CCOC(=O)C1=C(C)N=c2s/c(=C/c3ccc(OCc4ccccc4F)c(OCC)c3)c(=O)n2C1c1ccccc1OC(C)C. The molecule has 0 N–H and O–H groups in total. The molecule has 1 unspecified atom stereocenters. The molecule has 8 nitrogen and oxygen atoms in total. The summed E-state index contributed by atoms with van der Waals surface area (Å²) in [5, 5.41) is 0. The van der Waals surface area contributed by atoms with Gasteiger partial charge in [0.25, 0.3) is 5.56 Å². The minimum Gasteiger partial charge on any atom is -0.491 e. The molecule has 2 heterocycles. The number of carbonyl (C=O) groups is 1. The molecule has 45 heavy (non-hydrogen) atoms. The lowest BCUT2D eigenvalue weighted by Crippen LogP contribution is -2.40. The number of halogens is 1. The molecule has 5 rings (SSSR count). The third-order valence-electron chi connectivity index (χ3n) is 7.00. The molecule has 3 aromatic carbocycles. The first-order valence-electron chi connectivity index (χ1n) is 14.8. The summed E-state index contributed by atoms with van der Waals surface area (Å²) in [6.07, 6.45) is 1.63. The Bertz CT molecular complexity index is 1930. The Kier molecular flexibility index (Phi) is 9.83. The number of nitrogens with zero attached hydrogens (tertiary/aromatic N) is 2. The Morgan fingerprint density at radius 1 is 1.00 bits per heavy atom. The van der Waals surface area contributed by atoms with Gasteiger partial charge in [-0.3, -0.25) is 9.36 Å². The van der Waals surface area contributed by atoms with Crippen LogP contribution in [0.25, 0.3) is 6.08 Å². The second kappa shape index (κ2) is 13.9. The highest BCUT2D eigenvalue weighted by Gasteiger charge is 2.35. The molecule has 1 aliphatic heterocycles. The fourth-order valence-corrected chi connectivity index (χ4v) is 6.12. The van der Waals surface area contributed by atoms with Crippen molar-refractivity contribution in [2.45, 2.75) is 53.4 Å². The number of hydrogen-bond acceptors (Lipinski definition) is 8. The summed E-state index contributed by atoms with van der Waals surface area (Å²) in [5.41, 5.74) is 2.23. The number of thiazole rings is 1. The molecule has 0 aliphatic carbocycles. The first-order chi connectivity index (χ1) is 21.7. The first kappa shape index (κ1) is 31.7. The van der Waals surface area contributed by atoms with Gasteiger partial charge in [0.1, 0.15) is 24.2 Å². The minimum absolute atomic E-state index is 0.0365. The zero-order chi connectivity index (χ0) is 32.1. The average molecular weight is 631 g/mol. The first-order valence-corrected chi connectivity index (χ1v) is 15.6. The van der Waals surface area contributed by atoms with Crippen LogP contribution < -0.4 is 29.1 Å². The number of aromatic nitrogens is 1. The van der Waals surface area contributed by atoms with E-state index in [-0.39, 0.29) is 36.3 Å². The molecular weight excluding hydrogens is 595 g/mol. The summed E-state index contributed by atoms with van der Waals surface area (Å²) in [7, 11) is 0. The predicted octanol–water partition coefficient (Wildman–Crippen LogP) is 5.70. The third-order valence-corrected chi connectivity index (χ3v) is 7.98. The van der Waals surface area contributed by atoms with Gasteiger partial charge in [-0.1, -0.05) is 53.8 Å². The summed E-state index contributed by atoms with van der Waals surface area (Å²) in [6.45, 7) is 9.78. The maximum atomic E-state index is 14.1. The fourth-order valence-electron chi connectivity index (χ4n) is 5.08. The number of esters is 1. The van der Waals surface area contributed by atoms with E-state index in [4.69, 9.17) is 18.9 Å². The number of allylic oxidation sites excluding steroid dienone is 1. The third kappa shape index (κ3) is 6.86. The standard InChI is InChI=1S/C35H35FN2O6S/c1-6-41-29-18-23(16-17-28(29)43-20-24-12-8-10-14-26(24)36)19-30-33(39)38-32(25-13-9-11-15-27(25)44-21(3)4)31(34(40)42-7-2)22(5)37-35(38)45-30/h8-19,21,32H,6-7,20H2,1-5H3/b30-19+. The Labute approximate surface area is 264 Å². The summed E-state index contributed by atoms with van der Waals surface area (Å²) in [6, 6.07) is 18.3. The van der Waals surface area contributed by atoms with Crippen molar-refractivity contribution in [3.05, 3.63) is 120 Å². The summed E-state index contributed by atoms with van der Waals surface area (Å²) >= 11 is 1.23.